The van der Waals surface area contributed by atoms with Gasteiger partial charge in [0.05, 0.1) is 63.8 Å². The minimum Gasteiger partial charge on any atom is -0.493 e. The normalized spacial score (nSPS) is 18.2. The van der Waals surface area contributed by atoms with E-state index < -0.39 is 35.1 Å². The lowest BCUT2D eigenvalue weighted by Gasteiger charge is -2.28. The van der Waals surface area contributed by atoms with Crippen molar-refractivity contribution in [1.82, 2.24) is 30.1 Å². The average Bonchev–Trinajstić information content (AvgIpc) is 3.76. The molecule has 2 aromatic heterocycles. The van der Waals surface area contributed by atoms with Crippen LogP contribution in [-0.4, -0.2) is 87.1 Å². The summed E-state index contributed by atoms with van der Waals surface area (Å²) >= 11 is 6.60. The first kappa shape index (κ1) is 44.7. The number of halogens is 1. The zero-order chi connectivity index (χ0) is 45.7. The Labute approximate surface area is 383 Å². The Kier molecular flexibility index (Phi) is 13.4. The molecule has 5 aromatic rings. The van der Waals surface area contributed by atoms with E-state index in [9.17, 15) is 24.0 Å². The Morgan fingerprint density at radius 1 is 0.923 bits per heavy atom. The van der Waals surface area contributed by atoms with Gasteiger partial charge in [-0.15, -0.1) is 0 Å². The van der Waals surface area contributed by atoms with Crippen molar-refractivity contribution >= 4 is 58.5 Å². The van der Waals surface area contributed by atoms with Gasteiger partial charge < -0.3 is 19.9 Å². The van der Waals surface area contributed by atoms with E-state index in [0.29, 0.717) is 66.3 Å². The maximum Gasteiger partial charge on any atom is 0.266 e. The topological polar surface area (TPSA) is 167 Å². The zero-order valence-electron chi connectivity index (χ0n) is 36.5. The Morgan fingerprint density at radius 2 is 1.69 bits per heavy atom. The standard InChI is InChI=1S/C50H51ClN8O6/c1-32(13-7-4-5-10-26-65-41-19-12-18-38-43(41)47(63)59(46(38)62)40-20-21-42(60)55-45(40)61)57(3)24-22-50(2)23-25-58(48(50)64)37-28-36(29-52-30-37)54-49-53-31-39(51)44(56-49)35-17-11-16-34(27-35)33-14-8-6-9-15-33/h6,8-9,11-12,14-19,27-31,40H,1,4-5,7,10,13,20-26H2,2-3H3,(H,53,54,56)(H,55,60,61). The zero-order valence-corrected chi connectivity index (χ0v) is 37.3. The van der Waals surface area contributed by atoms with Crippen molar-refractivity contribution in [2.75, 3.05) is 37.0 Å². The third-order valence-corrected chi connectivity index (χ3v) is 12.8. The number of anilines is 3. The molecule has 334 valence electrons. The summed E-state index contributed by atoms with van der Waals surface area (Å²) in [7, 11) is 2.02. The first-order chi connectivity index (χ1) is 31.4. The first-order valence-corrected chi connectivity index (χ1v) is 22.4. The van der Waals surface area contributed by atoms with Gasteiger partial charge in [0.15, 0.2) is 0 Å². The number of ether oxygens (including phenoxy) is 1. The third-order valence-electron chi connectivity index (χ3n) is 12.5. The molecule has 2 unspecified atom stereocenters. The molecule has 3 aliphatic heterocycles. The fourth-order valence-corrected chi connectivity index (χ4v) is 8.79. The average molecular weight is 895 g/mol. The minimum absolute atomic E-state index is 0.0588. The Bertz CT molecular complexity index is 2660. The lowest BCUT2D eigenvalue weighted by Crippen LogP contribution is -2.54. The fourth-order valence-electron chi connectivity index (χ4n) is 8.58. The van der Waals surface area contributed by atoms with Crippen molar-refractivity contribution in [3.05, 3.63) is 126 Å². The van der Waals surface area contributed by atoms with Crippen LogP contribution in [0.2, 0.25) is 5.02 Å². The predicted octanol–water partition coefficient (Wildman–Crippen LogP) is 8.61. The Hall–Kier alpha value is -6.93. The number of unbranched alkanes of at least 4 members (excludes halogenated alkanes) is 3. The van der Waals surface area contributed by atoms with Crippen LogP contribution in [-0.2, 0) is 14.4 Å². The third kappa shape index (κ3) is 9.77. The van der Waals surface area contributed by atoms with Gasteiger partial charge in [0.1, 0.15) is 11.8 Å². The van der Waals surface area contributed by atoms with E-state index in [1.54, 1.807) is 41.7 Å². The van der Waals surface area contributed by atoms with Crippen LogP contribution in [0.1, 0.15) is 85.4 Å². The molecule has 14 nitrogen and oxygen atoms in total. The van der Waals surface area contributed by atoms with Crippen molar-refractivity contribution in [2.45, 2.75) is 70.8 Å². The number of aromatic nitrogens is 3. The van der Waals surface area contributed by atoms with E-state index >= 15 is 0 Å². The number of benzene rings is 3. The molecule has 2 fully saturated rings. The second-order valence-electron chi connectivity index (χ2n) is 17.0. The molecule has 0 bridgehead atoms. The highest BCUT2D eigenvalue weighted by atomic mass is 35.5. The van der Waals surface area contributed by atoms with Crippen LogP contribution in [0.25, 0.3) is 22.4 Å². The molecule has 8 rings (SSSR count). The van der Waals surface area contributed by atoms with Crippen LogP contribution in [0.5, 0.6) is 5.75 Å². The predicted molar refractivity (Wildman–Crippen MR) is 249 cm³/mol. The number of piperidine rings is 1. The molecule has 3 aliphatic rings. The van der Waals surface area contributed by atoms with Gasteiger partial charge in [-0.2, -0.15) is 0 Å². The van der Waals surface area contributed by atoms with Crippen molar-refractivity contribution in [3.8, 4) is 28.1 Å². The molecule has 5 heterocycles. The molecule has 5 amide bonds. The van der Waals surface area contributed by atoms with Gasteiger partial charge >= 0.3 is 0 Å². The quantitative estimate of drug-likeness (QED) is 0.0639. The molecular formula is C50H51ClN8O6. The number of imide groups is 2. The lowest BCUT2D eigenvalue weighted by atomic mass is 9.85. The highest BCUT2D eigenvalue weighted by Crippen LogP contribution is 2.39. The highest BCUT2D eigenvalue weighted by Gasteiger charge is 2.46. The number of nitrogens with zero attached hydrogens (tertiary/aromatic N) is 6. The number of carbonyl (C=O) groups excluding carboxylic acids is 5. The molecule has 0 radical (unpaired) electrons. The van der Waals surface area contributed by atoms with Crippen LogP contribution in [0.15, 0.2) is 110 Å². The van der Waals surface area contributed by atoms with E-state index in [1.807, 2.05) is 50.4 Å². The number of fused-ring (bicyclic) bond motifs is 1. The van der Waals surface area contributed by atoms with Crippen molar-refractivity contribution in [1.29, 1.82) is 0 Å². The van der Waals surface area contributed by atoms with Gasteiger partial charge in [0.2, 0.25) is 23.7 Å². The Morgan fingerprint density at radius 3 is 2.51 bits per heavy atom. The molecule has 0 aliphatic carbocycles. The number of hydrogen-bond acceptors (Lipinski definition) is 11. The van der Waals surface area contributed by atoms with E-state index in [2.05, 4.69) is 56.3 Å². The summed E-state index contributed by atoms with van der Waals surface area (Å²) in [6.45, 7) is 7.99. The van der Waals surface area contributed by atoms with Crippen molar-refractivity contribution < 1.29 is 28.7 Å². The number of hydrogen-bond donors (Lipinski definition) is 2. The van der Waals surface area contributed by atoms with Gasteiger partial charge in [-0.25, -0.2) is 9.97 Å². The van der Waals surface area contributed by atoms with Gasteiger partial charge in [0, 0.05) is 37.8 Å². The van der Waals surface area contributed by atoms with E-state index in [-0.39, 0.29) is 29.9 Å². The maximum absolute atomic E-state index is 14.0. The number of rotatable bonds is 18. The summed E-state index contributed by atoms with van der Waals surface area (Å²) in [6.07, 6.45) is 10.8. The van der Waals surface area contributed by atoms with Crippen LogP contribution in [0, 0.1) is 5.41 Å². The summed E-state index contributed by atoms with van der Waals surface area (Å²) in [4.78, 5) is 83.0. The van der Waals surface area contributed by atoms with Crippen LogP contribution < -0.4 is 20.3 Å². The van der Waals surface area contributed by atoms with Crippen molar-refractivity contribution in [2.24, 2.45) is 5.41 Å². The first-order valence-electron chi connectivity index (χ1n) is 22.0. The fraction of sp³-hybridized carbons (Fsp3) is 0.320. The Balaban J connectivity index is 0.773. The summed E-state index contributed by atoms with van der Waals surface area (Å²) < 4.78 is 5.99. The summed E-state index contributed by atoms with van der Waals surface area (Å²) in [6, 6.07) is 23.9. The molecular weight excluding hydrogens is 844 g/mol. The summed E-state index contributed by atoms with van der Waals surface area (Å²) in [5.74, 6) is -1.48. The van der Waals surface area contributed by atoms with Gasteiger partial charge in [-0.05, 0) is 73.9 Å². The minimum atomic E-state index is -1.03. The number of allylic oxidation sites excluding steroid dienone is 1. The largest absolute Gasteiger partial charge is 0.493 e. The lowest BCUT2D eigenvalue weighted by molar-refractivity contribution is -0.136. The van der Waals surface area contributed by atoms with Crippen molar-refractivity contribution in [3.63, 3.8) is 0 Å². The molecule has 2 N–H and O–H groups in total. The van der Waals surface area contributed by atoms with Gasteiger partial charge in [0.25, 0.3) is 11.8 Å². The number of carbonyl (C=O) groups is 5. The van der Waals surface area contributed by atoms with Gasteiger partial charge in [-0.3, -0.25) is 39.2 Å². The number of amides is 5. The highest BCUT2D eigenvalue weighted by molar-refractivity contribution is 6.33. The van der Waals surface area contributed by atoms with Gasteiger partial charge in [-0.1, -0.05) is 92.5 Å². The smallest absolute Gasteiger partial charge is 0.266 e. The molecule has 0 spiro atoms. The summed E-state index contributed by atoms with van der Waals surface area (Å²) in [5, 5.41) is 5.90. The van der Waals surface area contributed by atoms with Crippen LogP contribution in [0.4, 0.5) is 17.3 Å². The number of nitrogens with one attached hydrogen (secondary N) is 2. The van der Waals surface area contributed by atoms with Crippen LogP contribution in [0.3, 0.4) is 0 Å². The molecule has 0 saturated carbocycles. The SMILES string of the molecule is C=C(CCCCCCOc1cccc2c1C(=O)N(C1CCC(=O)NC1=O)C2=O)N(C)CCC1(C)CCN(c2cncc(Nc3ncc(Cl)c(-c4cccc(-c5ccccc5)c4)n3)c2)C1=O. The summed E-state index contributed by atoms with van der Waals surface area (Å²) in [5.41, 5.74) is 5.77. The molecule has 2 atom stereocenters. The van der Waals surface area contributed by atoms with E-state index in [0.717, 1.165) is 59.4 Å². The second kappa shape index (κ2) is 19.4. The molecule has 2 saturated heterocycles. The number of pyridine rings is 1. The maximum atomic E-state index is 14.0. The monoisotopic (exact) mass is 894 g/mol. The van der Waals surface area contributed by atoms with E-state index in [1.165, 1.54) is 0 Å². The molecule has 3 aromatic carbocycles. The molecule has 15 heteroatoms. The molecule has 65 heavy (non-hydrogen) atoms. The second-order valence-corrected chi connectivity index (χ2v) is 17.4. The van der Waals surface area contributed by atoms with E-state index in [4.69, 9.17) is 21.3 Å². The van der Waals surface area contributed by atoms with Crippen LogP contribution >= 0.6 is 11.6 Å².